The third-order valence-corrected chi connectivity index (χ3v) is 4.56. The molecule has 1 aliphatic heterocycles. The van der Waals surface area contributed by atoms with Gasteiger partial charge in [-0.2, -0.15) is 0 Å². The van der Waals surface area contributed by atoms with Crippen molar-refractivity contribution in [2.45, 2.75) is 25.7 Å². The van der Waals surface area contributed by atoms with Crippen LogP contribution in [0.4, 0.5) is 0 Å². The van der Waals surface area contributed by atoms with E-state index in [1.807, 2.05) is 18.2 Å². The Kier molecular flexibility index (Phi) is 6.71. The maximum Gasteiger partial charge on any atom is 0.230 e. The average molecular weight is 353 g/mol. The zero-order valence-corrected chi connectivity index (χ0v) is 14.4. The highest BCUT2D eigenvalue weighted by molar-refractivity contribution is 9.09. The van der Waals surface area contributed by atoms with Gasteiger partial charge in [-0.25, -0.2) is 0 Å². The molecule has 1 fully saturated rings. The number of hydrogen-bond acceptors (Lipinski definition) is 2. The van der Waals surface area contributed by atoms with E-state index in [1.165, 1.54) is 0 Å². The van der Waals surface area contributed by atoms with Gasteiger partial charge in [-0.15, -0.1) is 0 Å². The van der Waals surface area contributed by atoms with Crippen molar-refractivity contribution in [3.05, 3.63) is 35.9 Å². The molecule has 1 amide bonds. The fraction of sp³-hybridized carbons (Fsp3) is 0.588. The minimum Gasteiger partial charge on any atom is -0.341 e. The summed E-state index contributed by atoms with van der Waals surface area (Å²) in [5.74, 6) is 0.304. The molecule has 21 heavy (non-hydrogen) atoms. The molecule has 0 bridgehead atoms. The van der Waals surface area contributed by atoms with Crippen LogP contribution in [-0.2, 0) is 4.79 Å². The van der Waals surface area contributed by atoms with E-state index in [1.54, 1.807) is 0 Å². The summed E-state index contributed by atoms with van der Waals surface area (Å²) in [5.41, 5.74) is 1.14. The Balaban J connectivity index is 2.01. The molecule has 116 valence electrons. The molecule has 1 aromatic rings. The Hall–Kier alpha value is -0.870. The lowest BCUT2D eigenvalue weighted by Crippen LogP contribution is -2.38. The molecule has 3 nitrogen and oxygen atoms in total. The van der Waals surface area contributed by atoms with Gasteiger partial charge >= 0.3 is 0 Å². The van der Waals surface area contributed by atoms with Gasteiger partial charge in [0.05, 0.1) is 5.92 Å². The van der Waals surface area contributed by atoms with Gasteiger partial charge in [0.1, 0.15) is 0 Å². The van der Waals surface area contributed by atoms with Crippen LogP contribution in [0.1, 0.15) is 31.2 Å². The molecule has 0 N–H and O–H groups in total. The van der Waals surface area contributed by atoms with Gasteiger partial charge in [0.15, 0.2) is 0 Å². The summed E-state index contributed by atoms with van der Waals surface area (Å²) in [6, 6.07) is 10.2. The fourth-order valence-corrected chi connectivity index (χ4v) is 3.49. The second-order valence-electron chi connectivity index (χ2n) is 5.58. The zero-order valence-electron chi connectivity index (χ0n) is 12.8. The normalized spacial score (nSPS) is 18.3. The molecule has 1 unspecified atom stereocenters. The highest BCUT2D eigenvalue weighted by Gasteiger charge is 2.25. The Morgan fingerprint density at radius 2 is 1.95 bits per heavy atom. The maximum atomic E-state index is 12.8. The minimum atomic E-state index is 0.00826. The van der Waals surface area contributed by atoms with Crippen LogP contribution in [0.25, 0.3) is 0 Å². The summed E-state index contributed by atoms with van der Waals surface area (Å²) in [5, 5.41) is 1.00. The molecule has 0 aromatic heterocycles. The van der Waals surface area contributed by atoms with E-state index >= 15 is 0 Å². The first kappa shape index (κ1) is 16.5. The molecule has 0 radical (unpaired) electrons. The molecule has 0 spiro atoms. The van der Waals surface area contributed by atoms with Crippen molar-refractivity contribution in [3.8, 4) is 0 Å². The number of carbonyl (C=O) groups is 1. The first-order valence-corrected chi connectivity index (χ1v) is 9.00. The van der Waals surface area contributed by atoms with Gasteiger partial charge in [-0.1, -0.05) is 53.2 Å². The van der Waals surface area contributed by atoms with Gasteiger partial charge in [0.2, 0.25) is 5.91 Å². The second kappa shape index (κ2) is 8.54. The Morgan fingerprint density at radius 3 is 2.62 bits per heavy atom. The van der Waals surface area contributed by atoms with E-state index in [9.17, 15) is 4.79 Å². The van der Waals surface area contributed by atoms with E-state index in [0.29, 0.717) is 5.91 Å². The maximum absolute atomic E-state index is 12.8. The van der Waals surface area contributed by atoms with Crippen LogP contribution in [0, 0.1) is 0 Å². The first-order valence-electron chi connectivity index (χ1n) is 7.88. The van der Waals surface area contributed by atoms with E-state index < -0.39 is 0 Å². The highest BCUT2D eigenvalue weighted by Crippen LogP contribution is 2.22. The van der Waals surface area contributed by atoms with Crippen LogP contribution in [0.2, 0.25) is 0 Å². The van der Waals surface area contributed by atoms with Gasteiger partial charge in [-0.05, 0) is 24.9 Å². The lowest BCUT2D eigenvalue weighted by atomic mass is 9.95. The van der Waals surface area contributed by atoms with Crippen molar-refractivity contribution in [2.75, 3.05) is 38.1 Å². The standard InChI is InChI=1S/C17H25BrN2O/c1-2-16(15-7-4-3-5-8-15)17(21)20-11-6-10-19(12-9-18)13-14-20/h3-5,7-8,16H,2,6,9-14H2,1H3. The predicted molar refractivity (Wildman–Crippen MR) is 90.9 cm³/mol. The Morgan fingerprint density at radius 1 is 1.19 bits per heavy atom. The monoisotopic (exact) mass is 352 g/mol. The van der Waals surface area contributed by atoms with Crippen molar-refractivity contribution in [2.24, 2.45) is 0 Å². The lowest BCUT2D eigenvalue weighted by Gasteiger charge is -2.26. The van der Waals surface area contributed by atoms with E-state index in [2.05, 4.69) is 44.8 Å². The number of carbonyl (C=O) groups excluding carboxylic acids is 1. The van der Waals surface area contributed by atoms with Crippen molar-refractivity contribution in [1.82, 2.24) is 9.80 Å². The molecule has 1 atom stereocenters. The summed E-state index contributed by atoms with van der Waals surface area (Å²) in [4.78, 5) is 17.3. The average Bonchev–Trinajstić information content (AvgIpc) is 2.75. The zero-order chi connectivity index (χ0) is 15.1. The van der Waals surface area contributed by atoms with Gasteiger partial charge < -0.3 is 9.80 Å². The summed E-state index contributed by atoms with van der Waals surface area (Å²) >= 11 is 3.50. The van der Waals surface area contributed by atoms with Gasteiger partial charge in [-0.3, -0.25) is 4.79 Å². The van der Waals surface area contributed by atoms with Crippen molar-refractivity contribution in [3.63, 3.8) is 0 Å². The molecule has 1 saturated heterocycles. The molecular weight excluding hydrogens is 328 g/mol. The lowest BCUT2D eigenvalue weighted by molar-refractivity contribution is -0.132. The van der Waals surface area contributed by atoms with E-state index in [0.717, 1.165) is 56.5 Å². The molecule has 4 heteroatoms. The van der Waals surface area contributed by atoms with Crippen LogP contribution in [0.3, 0.4) is 0 Å². The number of amides is 1. The third kappa shape index (κ3) is 4.55. The van der Waals surface area contributed by atoms with Crippen LogP contribution < -0.4 is 0 Å². The predicted octanol–water partition coefficient (Wildman–Crippen LogP) is 3.11. The number of nitrogens with zero attached hydrogens (tertiary/aromatic N) is 2. The Labute approximate surface area is 136 Å². The molecular formula is C17H25BrN2O. The highest BCUT2D eigenvalue weighted by atomic mass is 79.9. The third-order valence-electron chi connectivity index (χ3n) is 4.21. The van der Waals surface area contributed by atoms with Crippen molar-refractivity contribution < 1.29 is 4.79 Å². The van der Waals surface area contributed by atoms with E-state index in [4.69, 9.17) is 0 Å². The molecule has 1 aromatic carbocycles. The molecule has 1 heterocycles. The van der Waals surface area contributed by atoms with Gasteiger partial charge in [0.25, 0.3) is 0 Å². The van der Waals surface area contributed by atoms with Crippen LogP contribution in [-0.4, -0.2) is 53.8 Å². The quantitative estimate of drug-likeness (QED) is 0.760. The van der Waals surface area contributed by atoms with Crippen LogP contribution in [0.5, 0.6) is 0 Å². The second-order valence-corrected chi connectivity index (χ2v) is 6.37. The SMILES string of the molecule is CCC(C(=O)N1CCCN(CCBr)CC1)c1ccccc1. The van der Waals surface area contributed by atoms with Crippen molar-refractivity contribution >= 4 is 21.8 Å². The summed E-state index contributed by atoms with van der Waals surface area (Å²) in [6.07, 6.45) is 1.94. The van der Waals surface area contributed by atoms with Gasteiger partial charge in [0, 0.05) is 31.5 Å². The largest absolute Gasteiger partial charge is 0.341 e. The molecule has 2 rings (SSSR count). The number of hydrogen-bond donors (Lipinski definition) is 0. The molecule has 0 saturated carbocycles. The number of rotatable bonds is 5. The topological polar surface area (TPSA) is 23.6 Å². The smallest absolute Gasteiger partial charge is 0.230 e. The molecule has 1 aliphatic rings. The van der Waals surface area contributed by atoms with Crippen molar-refractivity contribution in [1.29, 1.82) is 0 Å². The summed E-state index contributed by atoms with van der Waals surface area (Å²) < 4.78 is 0. The number of alkyl halides is 1. The Bertz CT molecular complexity index is 438. The first-order chi connectivity index (χ1) is 10.3. The van der Waals surface area contributed by atoms with E-state index in [-0.39, 0.29) is 5.92 Å². The molecule has 0 aliphatic carbocycles. The summed E-state index contributed by atoms with van der Waals surface area (Å²) in [6.45, 7) is 7.00. The van der Waals surface area contributed by atoms with Crippen LogP contribution >= 0.6 is 15.9 Å². The summed E-state index contributed by atoms with van der Waals surface area (Å²) in [7, 11) is 0. The fourth-order valence-electron chi connectivity index (χ4n) is 2.99. The number of halogens is 1. The van der Waals surface area contributed by atoms with Crippen LogP contribution in [0.15, 0.2) is 30.3 Å². The minimum absolute atomic E-state index is 0.00826. The number of benzene rings is 1.